The molecule has 0 aliphatic carbocycles. The minimum atomic E-state index is -1.11. The lowest BCUT2D eigenvalue weighted by Gasteiger charge is -2.27. The average molecular weight is 514 g/mol. The van der Waals surface area contributed by atoms with Crippen LogP contribution in [0.2, 0.25) is 0 Å². The zero-order valence-electron chi connectivity index (χ0n) is 20.5. The summed E-state index contributed by atoms with van der Waals surface area (Å²) in [6.45, 7) is 3.47. The Bertz CT molecular complexity index is 1240. The van der Waals surface area contributed by atoms with Gasteiger partial charge in [-0.25, -0.2) is 9.48 Å². The predicted octanol–water partition coefficient (Wildman–Crippen LogP) is 0.0338. The molecule has 14 heteroatoms. The summed E-state index contributed by atoms with van der Waals surface area (Å²) in [5.41, 5.74) is 0.486. The van der Waals surface area contributed by atoms with Crippen molar-refractivity contribution in [3.05, 3.63) is 41.2 Å². The summed E-state index contributed by atoms with van der Waals surface area (Å²) in [5.74, 6) is -3.70. The summed E-state index contributed by atoms with van der Waals surface area (Å²) < 4.78 is 10.8. The fourth-order valence-corrected chi connectivity index (χ4v) is 3.74. The van der Waals surface area contributed by atoms with E-state index < -0.39 is 41.5 Å². The number of nitrogens with zero attached hydrogens (tertiary/aromatic N) is 4. The van der Waals surface area contributed by atoms with Crippen LogP contribution in [-0.2, 0) is 41.8 Å². The average Bonchev–Trinajstić information content (AvgIpc) is 3.42. The number of carbonyl (C=O) groups excluding carboxylic acids is 6. The monoisotopic (exact) mass is 514 g/mol. The summed E-state index contributed by atoms with van der Waals surface area (Å²) in [4.78, 5) is 74.1. The molecule has 0 saturated carbocycles. The molecule has 1 unspecified atom stereocenters. The first kappa shape index (κ1) is 27.1. The molecule has 37 heavy (non-hydrogen) atoms. The molecule has 0 radical (unpaired) electrons. The van der Waals surface area contributed by atoms with Crippen molar-refractivity contribution in [1.82, 2.24) is 25.2 Å². The predicted molar refractivity (Wildman–Crippen MR) is 125 cm³/mol. The fraction of sp³-hybridized carbons (Fsp3) is 0.391. The van der Waals surface area contributed by atoms with Gasteiger partial charge >= 0.3 is 5.97 Å². The van der Waals surface area contributed by atoms with E-state index in [1.54, 1.807) is 0 Å². The molecule has 0 spiro atoms. The van der Waals surface area contributed by atoms with Crippen LogP contribution in [-0.4, -0.2) is 75.2 Å². The van der Waals surface area contributed by atoms with Crippen LogP contribution in [0.4, 0.5) is 5.69 Å². The third kappa shape index (κ3) is 6.03. The van der Waals surface area contributed by atoms with Gasteiger partial charge in [-0.15, -0.1) is 5.10 Å². The van der Waals surface area contributed by atoms with Crippen molar-refractivity contribution in [2.75, 3.05) is 19.0 Å². The van der Waals surface area contributed by atoms with Gasteiger partial charge in [0.25, 0.3) is 11.8 Å². The van der Waals surface area contributed by atoms with Crippen molar-refractivity contribution < 1.29 is 38.2 Å². The van der Waals surface area contributed by atoms with E-state index in [2.05, 4.69) is 25.7 Å². The van der Waals surface area contributed by atoms with Gasteiger partial charge < -0.3 is 14.8 Å². The van der Waals surface area contributed by atoms with Gasteiger partial charge in [0.15, 0.2) is 0 Å². The molecule has 5 amide bonds. The first-order chi connectivity index (χ1) is 17.8. The van der Waals surface area contributed by atoms with Crippen LogP contribution in [0.1, 0.15) is 53.1 Å². The zero-order valence-corrected chi connectivity index (χ0v) is 20.5. The molecule has 1 aromatic carbocycles. The molecule has 1 fully saturated rings. The third-order valence-electron chi connectivity index (χ3n) is 5.33. The second kappa shape index (κ2) is 12.0. The Hall–Kier alpha value is -4.46. The van der Waals surface area contributed by atoms with Crippen molar-refractivity contribution in [1.29, 1.82) is 0 Å². The molecule has 0 bridgehead atoms. The van der Waals surface area contributed by atoms with Crippen LogP contribution in [0, 0.1) is 0 Å². The number of benzene rings is 1. The zero-order chi connectivity index (χ0) is 27.1. The smallest absolute Gasteiger partial charge is 0.331 e. The highest BCUT2D eigenvalue weighted by atomic mass is 16.6. The molecule has 196 valence electrons. The second-order valence-electron chi connectivity index (χ2n) is 7.70. The van der Waals surface area contributed by atoms with Crippen LogP contribution in [0.15, 0.2) is 24.4 Å². The Morgan fingerprint density at radius 1 is 1.16 bits per heavy atom. The number of anilines is 1. The quantitative estimate of drug-likeness (QED) is 0.361. The number of amides is 5. The van der Waals surface area contributed by atoms with Crippen LogP contribution in [0.25, 0.3) is 0 Å². The molecular weight excluding hydrogens is 488 g/mol. The van der Waals surface area contributed by atoms with Gasteiger partial charge in [-0.3, -0.25) is 34.2 Å². The number of ether oxygens (including phenoxy) is 2. The van der Waals surface area contributed by atoms with E-state index in [9.17, 15) is 28.8 Å². The number of rotatable bonds is 8. The van der Waals surface area contributed by atoms with Gasteiger partial charge in [0.2, 0.25) is 17.7 Å². The number of hydrogen-bond donors (Lipinski definition) is 2. The molecule has 3 heterocycles. The maximum Gasteiger partial charge on any atom is 0.331 e. The van der Waals surface area contributed by atoms with Crippen molar-refractivity contribution in [3.8, 4) is 0 Å². The summed E-state index contributed by atoms with van der Waals surface area (Å²) in [6, 6.07) is 3.27. The molecule has 2 aliphatic rings. The summed E-state index contributed by atoms with van der Waals surface area (Å²) in [7, 11) is 1.23. The Kier molecular flexibility index (Phi) is 8.79. The van der Waals surface area contributed by atoms with Crippen LogP contribution in [0.3, 0.4) is 0 Å². The van der Waals surface area contributed by atoms with Crippen molar-refractivity contribution in [2.24, 2.45) is 0 Å². The molecular formula is C23H26N6O8. The SMILES string of the molecule is CC.COC(=O)COCc1cn(CC(=O)Nc2cccc3c2C(=O)N(C2CCC(=O)NC2=O)C3=O)nn1. The standard InChI is InChI=1S/C21H20N6O8.C2H6/c1-34-17(30)10-35-9-11-7-26(25-24-11)8-16(29)22-13-4-2-3-12-18(13)21(33)27(20(12)32)14-5-6-15(28)23-19(14)31;1-2/h2-4,7,14H,5-6,8-10H2,1H3,(H,22,29)(H,23,28,31);1-2H3. The number of piperidine rings is 1. The van der Waals surface area contributed by atoms with E-state index in [0.717, 1.165) is 4.90 Å². The summed E-state index contributed by atoms with van der Waals surface area (Å²) >= 11 is 0. The lowest BCUT2D eigenvalue weighted by Crippen LogP contribution is -2.54. The molecule has 1 atom stereocenters. The number of fused-ring (bicyclic) bond motifs is 1. The van der Waals surface area contributed by atoms with Gasteiger partial charge in [0.1, 0.15) is 24.9 Å². The highest BCUT2D eigenvalue weighted by Crippen LogP contribution is 2.32. The normalized spacial score (nSPS) is 16.5. The van der Waals surface area contributed by atoms with Crippen molar-refractivity contribution in [2.45, 2.75) is 45.9 Å². The van der Waals surface area contributed by atoms with Crippen LogP contribution < -0.4 is 10.6 Å². The Balaban J connectivity index is 0.00000186. The van der Waals surface area contributed by atoms with Gasteiger partial charge in [-0.1, -0.05) is 25.1 Å². The number of esters is 1. The maximum absolute atomic E-state index is 13.1. The molecule has 2 aliphatic heterocycles. The second-order valence-corrected chi connectivity index (χ2v) is 7.70. The highest BCUT2D eigenvalue weighted by molar-refractivity contribution is 6.26. The van der Waals surface area contributed by atoms with E-state index >= 15 is 0 Å². The highest BCUT2D eigenvalue weighted by Gasteiger charge is 2.45. The minimum Gasteiger partial charge on any atom is -0.467 e. The molecule has 2 N–H and O–H groups in total. The number of aromatic nitrogens is 3. The van der Waals surface area contributed by atoms with E-state index in [1.165, 1.54) is 36.2 Å². The number of nitrogens with one attached hydrogen (secondary N) is 2. The van der Waals surface area contributed by atoms with E-state index in [0.29, 0.717) is 5.69 Å². The van der Waals surface area contributed by atoms with E-state index in [4.69, 9.17) is 4.74 Å². The Morgan fingerprint density at radius 3 is 2.62 bits per heavy atom. The molecule has 1 aromatic heterocycles. The van der Waals surface area contributed by atoms with E-state index in [1.807, 2.05) is 13.8 Å². The van der Waals surface area contributed by atoms with Gasteiger partial charge in [0, 0.05) is 6.42 Å². The number of methoxy groups -OCH3 is 1. The van der Waals surface area contributed by atoms with Crippen LogP contribution in [0.5, 0.6) is 0 Å². The number of hydrogen-bond acceptors (Lipinski definition) is 10. The molecule has 2 aromatic rings. The fourth-order valence-electron chi connectivity index (χ4n) is 3.74. The van der Waals surface area contributed by atoms with Gasteiger partial charge in [-0.2, -0.15) is 0 Å². The Morgan fingerprint density at radius 2 is 1.92 bits per heavy atom. The maximum atomic E-state index is 13.1. The lowest BCUT2D eigenvalue weighted by atomic mass is 10.0. The van der Waals surface area contributed by atoms with Crippen LogP contribution >= 0.6 is 0 Å². The summed E-state index contributed by atoms with van der Waals surface area (Å²) in [6.07, 6.45) is 1.47. The largest absolute Gasteiger partial charge is 0.467 e. The molecule has 14 nitrogen and oxygen atoms in total. The van der Waals surface area contributed by atoms with Gasteiger partial charge in [-0.05, 0) is 18.6 Å². The summed E-state index contributed by atoms with van der Waals surface area (Å²) in [5, 5.41) is 12.4. The topological polar surface area (TPSA) is 179 Å². The number of imide groups is 2. The first-order valence-corrected chi connectivity index (χ1v) is 11.5. The Labute approximate surface area is 211 Å². The number of carbonyl (C=O) groups is 6. The minimum absolute atomic E-state index is 0.00102. The van der Waals surface area contributed by atoms with Crippen molar-refractivity contribution in [3.63, 3.8) is 0 Å². The first-order valence-electron chi connectivity index (χ1n) is 11.5. The lowest BCUT2D eigenvalue weighted by molar-refractivity contribution is -0.146. The van der Waals surface area contributed by atoms with Crippen molar-refractivity contribution >= 4 is 41.2 Å². The third-order valence-corrected chi connectivity index (χ3v) is 5.33. The van der Waals surface area contributed by atoms with Gasteiger partial charge in [0.05, 0.1) is 36.7 Å². The van der Waals surface area contributed by atoms with E-state index in [-0.39, 0.29) is 49.4 Å². The molecule has 4 rings (SSSR count). The molecule has 1 saturated heterocycles.